The predicted molar refractivity (Wildman–Crippen MR) is 114 cm³/mol. The fourth-order valence-corrected chi connectivity index (χ4v) is 5.88. The normalized spacial score (nSPS) is 16.7. The van der Waals surface area contributed by atoms with E-state index in [1.54, 1.807) is 28.1 Å². The third-order valence-corrected chi connectivity index (χ3v) is 7.32. The minimum absolute atomic E-state index is 0.0197. The van der Waals surface area contributed by atoms with Crippen molar-refractivity contribution in [2.45, 2.75) is 37.8 Å². The van der Waals surface area contributed by atoms with Crippen molar-refractivity contribution in [2.24, 2.45) is 0 Å². The number of hydrogen-bond acceptors (Lipinski definition) is 8. The third-order valence-electron chi connectivity index (χ3n) is 5.31. The topological polar surface area (TPSA) is 102 Å². The maximum atomic E-state index is 12.6. The van der Waals surface area contributed by atoms with Crippen LogP contribution in [0.25, 0.3) is 10.2 Å². The largest absolute Gasteiger partial charge is 0.450 e. The highest BCUT2D eigenvalue weighted by Gasteiger charge is 2.25. The lowest BCUT2D eigenvalue weighted by atomic mass is 9.97. The van der Waals surface area contributed by atoms with Crippen LogP contribution in [-0.2, 0) is 22.4 Å². The van der Waals surface area contributed by atoms with Gasteiger partial charge in [-0.1, -0.05) is 11.8 Å². The average molecular weight is 436 g/mol. The molecule has 2 N–H and O–H groups in total. The molecule has 1 fully saturated rings. The second-order valence-electron chi connectivity index (χ2n) is 7.14. The SMILES string of the molecule is CCOC(=O)N1CCN(C(=O)CSc2nc(N)c3c4c(sc3n2)CCCC4)CC1. The summed E-state index contributed by atoms with van der Waals surface area (Å²) in [6, 6.07) is 0. The number of ether oxygens (including phenoxy) is 1. The van der Waals surface area contributed by atoms with Gasteiger partial charge in [-0.15, -0.1) is 11.3 Å². The number of piperazine rings is 1. The predicted octanol–water partition coefficient (Wildman–Crippen LogP) is 2.55. The number of anilines is 1. The van der Waals surface area contributed by atoms with Gasteiger partial charge in [0.05, 0.1) is 17.7 Å². The second-order valence-corrected chi connectivity index (χ2v) is 9.16. The molecule has 4 rings (SSSR count). The standard InChI is InChI=1S/C19H25N5O3S2/c1-2-27-19(26)24-9-7-23(8-10-24)14(25)11-28-18-21-16(20)15-12-5-3-4-6-13(12)29-17(15)22-18/h2-11H2,1H3,(H2,20,21,22). The van der Waals surface area contributed by atoms with Crippen LogP contribution in [0.1, 0.15) is 30.2 Å². The lowest BCUT2D eigenvalue weighted by molar-refractivity contribution is -0.129. The van der Waals surface area contributed by atoms with Crippen molar-refractivity contribution in [1.29, 1.82) is 0 Å². The van der Waals surface area contributed by atoms with Crippen molar-refractivity contribution in [3.8, 4) is 0 Å². The smallest absolute Gasteiger partial charge is 0.409 e. The second kappa shape index (κ2) is 8.74. The summed E-state index contributed by atoms with van der Waals surface area (Å²) < 4.78 is 5.01. The van der Waals surface area contributed by atoms with Gasteiger partial charge in [0.1, 0.15) is 10.6 Å². The molecule has 1 saturated heterocycles. The molecule has 1 aliphatic heterocycles. The maximum absolute atomic E-state index is 12.6. The minimum atomic E-state index is -0.315. The Morgan fingerprint density at radius 3 is 2.62 bits per heavy atom. The lowest BCUT2D eigenvalue weighted by Crippen LogP contribution is -2.51. The van der Waals surface area contributed by atoms with Gasteiger partial charge in [0, 0.05) is 31.1 Å². The number of amides is 2. The first kappa shape index (κ1) is 20.2. The Labute approximate surface area is 177 Å². The van der Waals surface area contributed by atoms with Crippen LogP contribution in [0.5, 0.6) is 0 Å². The molecule has 156 valence electrons. The summed E-state index contributed by atoms with van der Waals surface area (Å²) >= 11 is 3.03. The van der Waals surface area contributed by atoms with Gasteiger partial charge in [-0.05, 0) is 38.2 Å². The number of carbonyl (C=O) groups excluding carboxylic acids is 2. The number of nitrogens with two attached hydrogens (primary N) is 1. The number of fused-ring (bicyclic) bond motifs is 3. The number of hydrogen-bond donors (Lipinski definition) is 1. The molecule has 0 saturated carbocycles. The summed E-state index contributed by atoms with van der Waals surface area (Å²) in [5.74, 6) is 0.800. The molecule has 2 aliphatic rings. The van der Waals surface area contributed by atoms with Crippen molar-refractivity contribution < 1.29 is 14.3 Å². The van der Waals surface area contributed by atoms with Crippen molar-refractivity contribution in [3.05, 3.63) is 10.4 Å². The summed E-state index contributed by atoms with van der Waals surface area (Å²) in [4.78, 5) is 39.2. The van der Waals surface area contributed by atoms with Crippen LogP contribution in [0.4, 0.5) is 10.6 Å². The van der Waals surface area contributed by atoms with Crippen molar-refractivity contribution in [3.63, 3.8) is 0 Å². The van der Waals surface area contributed by atoms with Crippen LogP contribution in [-0.4, -0.2) is 70.3 Å². The Balaban J connectivity index is 1.36. The Morgan fingerprint density at radius 1 is 1.14 bits per heavy atom. The number of aromatic nitrogens is 2. The number of carbonyl (C=O) groups is 2. The summed E-state index contributed by atoms with van der Waals surface area (Å²) in [6.07, 6.45) is 4.23. The molecule has 0 aromatic carbocycles. The number of aryl methyl sites for hydroxylation is 2. The lowest BCUT2D eigenvalue weighted by Gasteiger charge is -2.34. The van der Waals surface area contributed by atoms with Crippen LogP contribution in [0, 0.1) is 0 Å². The molecule has 0 unspecified atom stereocenters. The molecule has 0 radical (unpaired) electrons. The molecule has 8 nitrogen and oxygen atoms in total. The van der Waals surface area contributed by atoms with E-state index in [4.69, 9.17) is 10.5 Å². The van der Waals surface area contributed by atoms with Crippen LogP contribution in [0.3, 0.4) is 0 Å². The number of thioether (sulfide) groups is 1. The van der Waals surface area contributed by atoms with Crippen molar-refractivity contribution in [1.82, 2.24) is 19.8 Å². The van der Waals surface area contributed by atoms with Crippen LogP contribution in [0.2, 0.25) is 0 Å². The highest BCUT2D eigenvalue weighted by atomic mass is 32.2. The molecule has 0 spiro atoms. The molecule has 1 aliphatic carbocycles. The number of thiophene rings is 1. The molecular weight excluding hydrogens is 410 g/mol. The van der Waals surface area contributed by atoms with Gasteiger partial charge in [-0.3, -0.25) is 4.79 Å². The molecule has 29 heavy (non-hydrogen) atoms. The zero-order valence-corrected chi connectivity index (χ0v) is 18.1. The van der Waals surface area contributed by atoms with E-state index in [9.17, 15) is 9.59 Å². The van der Waals surface area contributed by atoms with E-state index in [2.05, 4.69) is 9.97 Å². The van der Waals surface area contributed by atoms with Crippen molar-refractivity contribution >= 4 is 51.1 Å². The Morgan fingerprint density at radius 2 is 1.86 bits per heavy atom. The Kier molecular flexibility index (Phi) is 6.09. The zero-order valence-electron chi connectivity index (χ0n) is 16.5. The average Bonchev–Trinajstić information content (AvgIpc) is 3.11. The van der Waals surface area contributed by atoms with E-state index in [-0.39, 0.29) is 17.8 Å². The minimum Gasteiger partial charge on any atom is -0.450 e. The molecule has 2 amide bonds. The van der Waals surface area contributed by atoms with E-state index in [1.807, 2.05) is 0 Å². The highest BCUT2D eigenvalue weighted by molar-refractivity contribution is 7.99. The van der Waals surface area contributed by atoms with Crippen molar-refractivity contribution in [2.75, 3.05) is 44.3 Å². The van der Waals surface area contributed by atoms with Gasteiger partial charge >= 0.3 is 6.09 Å². The summed E-state index contributed by atoms with van der Waals surface area (Å²) in [7, 11) is 0. The third kappa shape index (κ3) is 4.28. The van der Waals surface area contributed by atoms with Gasteiger partial charge in [0.2, 0.25) is 5.91 Å². The zero-order chi connectivity index (χ0) is 20.4. The molecule has 3 heterocycles. The van der Waals surface area contributed by atoms with E-state index < -0.39 is 0 Å². The van der Waals surface area contributed by atoms with Gasteiger partial charge in [-0.25, -0.2) is 14.8 Å². The van der Waals surface area contributed by atoms with Crippen LogP contribution >= 0.6 is 23.1 Å². The summed E-state index contributed by atoms with van der Waals surface area (Å²) in [6.45, 7) is 4.15. The quantitative estimate of drug-likeness (QED) is 0.582. The maximum Gasteiger partial charge on any atom is 0.409 e. The molecule has 0 atom stereocenters. The van der Waals surface area contributed by atoms with Gasteiger partial charge < -0.3 is 20.3 Å². The van der Waals surface area contributed by atoms with Gasteiger partial charge in [0.15, 0.2) is 5.16 Å². The number of nitrogens with zero attached hydrogens (tertiary/aromatic N) is 4. The monoisotopic (exact) mass is 435 g/mol. The number of rotatable bonds is 4. The van der Waals surface area contributed by atoms with E-state index >= 15 is 0 Å². The molecule has 2 aromatic heterocycles. The molecule has 2 aromatic rings. The van der Waals surface area contributed by atoms with Gasteiger partial charge in [0.25, 0.3) is 0 Å². The Bertz CT molecular complexity index is 924. The molecule has 10 heteroatoms. The fourth-order valence-electron chi connectivity index (χ4n) is 3.80. The Hall–Kier alpha value is -2.07. The molecular formula is C19H25N5O3S2. The first-order valence-corrected chi connectivity index (χ1v) is 11.8. The number of nitrogen functional groups attached to an aromatic ring is 1. The highest BCUT2D eigenvalue weighted by Crippen LogP contribution is 2.38. The van der Waals surface area contributed by atoms with E-state index in [0.29, 0.717) is 43.8 Å². The fraction of sp³-hybridized carbons (Fsp3) is 0.579. The molecule has 0 bridgehead atoms. The van der Waals surface area contributed by atoms with E-state index in [1.165, 1.54) is 35.0 Å². The van der Waals surface area contributed by atoms with Crippen LogP contribution in [0.15, 0.2) is 5.16 Å². The van der Waals surface area contributed by atoms with Gasteiger partial charge in [-0.2, -0.15) is 0 Å². The first-order chi connectivity index (χ1) is 14.1. The first-order valence-electron chi connectivity index (χ1n) is 9.97. The summed E-state index contributed by atoms with van der Waals surface area (Å²) in [5, 5.41) is 1.56. The summed E-state index contributed by atoms with van der Waals surface area (Å²) in [5.41, 5.74) is 7.56. The van der Waals surface area contributed by atoms with E-state index in [0.717, 1.165) is 23.1 Å². The van der Waals surface area contributed by atoms with Crippen LogP contribution < -0.4 is 5.73 Å².